The molecule has 1 heterocycles. The Morgan fingerprint density at radius 2 is 2.13 bits per heavy atom. The van der Waals surface area contributed by atoms with E-state index in [1.807, 2.05) is 0 Å². The first-order valence-corrected chi connectivity index (χ1v) is 6.51. The zero-order chi connectivity index (χ0) is 10.4. The molecule has 2 aliphatic rings. The summed E-state index contributed by atoms with van der Waals surface area (Å²) in [5, 5.41) is 1.32. The lowest BCUT2D eigenvalue weighted by molar-refractivity contribution is 0.723. The highest BCUT2D eigenvalue weighted by molar-refractivity contribution is 7.10. The van der Waals surface area contributed by atoms with Gasteiger partial charge in [0.05, 0.1) is 0 Å². The van der Waals surface area contributed by atoms with E-state index in [1.54, 1.807) is 11.5 Å². The van der Waals surface area contributed by atoms with E-state index in [1.165, 1.54) is 42.8 Å². The topological polar surface area (TPSA) is 42.1 Å². The largest absolute Gasteiger partial charge is 0.383 e. The standard InChI is InChI=1S/C11H17N3S/c1-7-10(12)13-15-11(7)14(9-4-5-9)6-8-2-3-8/h8-9H,2-6H2,1H3,(H2,12,13). The van der Waals surface area contributed by atoms with Crippen LogP contribution in [0, 0.1) is 12.8 Å². The monoisotopic (exact) mass is 223 g/mol. The van der Waals surface area contributed by atoms with E-state index in [9.17, 15) is 0 Å². The number of aromatic nitrogens is 1. The maximum absolute atomic E-state index is 5.82. The summed E-state index contributed by atoms with van der Waals surface area (Å²) >= 11 is 1.57. The van der Waals surface area contributed by atoms with E-state index in [-0.39, 0.29) is 0 Å². The normalized spacial score (nSPS) is 20.6. The van der Waals surface area contributed by atoms with Crippen LogP contribution in [0.5, 0.6) is 0 Å². The number of nitrogens with two attached hydrogens (primary N) is 1. The van der Waals surface area contributed by atoms with Gasteiger partial charge >= 0.3 is 0 Å². The van der Waals surface area contributed by atoms with Crippen molar-refractivity contribution < 1.29 is 0 Å². The zero-order valence-corrected chi connectivity index (χ0v) is 9.89. The summed E-state index contributed by atoms with van der Waals surface area (Å²) in [5.41, 5.74) is 7.01. The molecular formula is C11H17N3S. The van der Waals surface area contributed by atoms with Crippen molar-refractivity contribution >= 4 is 22.4 Å². The van der Waals surface area contributed by atoms with Crippen LogP contribution in [0.25, 0.3) is 0 Å². The first-order valence-electron chi connectivity index (χ1n) is 5.74. The Bertz CT molecular complexity index is 366. The van der Waals surface area contributed by atoms with Crippen molar-refractivity contribution in [3.8, 4) is 0 Å². The van der Waals surface area contributed by atoms with Crippen molar-refractivity contribution in [3.05, 3.63) is 5.56 Å². The van der Waals surface area contributed by atoms with Gasteiger partial charge in [-0.3, -0.25) is 0 Å². The molecule has 0 bridgehead atoms. The Labute approximate surface area is 94.4 Å². The number of rotatable bonds is 4. The predicted octanol–water partition coefficient (Wildman–Crippen LogP) is 2.41. The molecule has 4 heteroatoms. The Morgan fingerprint density at radius 3 is 2.60 bits per heavy atom. The van der Waals surface area contributed by atoms with Gasteiger partial charge in [0, 0.05) is 18.2 Å². The SMILES string of the molecule is Cc1c(N)nsc1N(CC1CC1)C1CC1. The molecule has 0 aliphatic heterocycles. The number of nitrogens with zero attached hydrogens (tertiary/aromatic N) is 2. The summed E-state index contributed by atoms with van der Waals surface area (Å²) < 4.78 is 4.25. The third-order valence-corrected chi connectivity index (χ3v) is 4.34. The first-order chi connectivity index (χ1) is 7.25. The maximum atomic E-state index is 5.82. The highest BCUT2D eigenvalue weighted by Crippen LogP contribution is 2.41. The van der Waals surface area contributed by atoms with Crippen molar-refractivity contribution in [2.45, 2.75) is 38.6 Å². The molecule has 0 atom stereocenters. The summed E-state index contributed by atoms with van der Waals surface area (Å²) in [7, 11) is 0. The molecule has 0 saturated heterocycles. The molecule has 2 fully saturated rings. The number of nitrogen functional groups attached to an aromatic ring is 1. The minimum Gasteiger partial charge on any atom is -0.383 e. The quantitative estimate of drug-likeness (QED) is 0.852. The number of hydrogen-bond acceptors (Lipinski definition) is 4. The van der Waals surface area contributed by atoms with Gasteiger partial charge in [-0.25, -0.2) is 0 Å². The van der Waals surface area contributed by atoms with Gasteiger partial charge in [-0.05, 0) is 50.1 Å². The molecule has 2 N–H and O–H groups in total. The van der Waals surface area contributed by atoms with Crippen LogP contribution in [0.1, 0.15) is 31.2 Å². The average Bonchev–Trinajstić information content (AvgIpc) is 3.10. The fourth-order valence-electron chi connectivity index (χ4n) is 1.97. The fourth-order valence-corrected chi connectivity index (χ4v) is 2.86. The van der Waals surface area contributed by atoms with Crippen LogP contribution in [0.2, 0.25) is 0 Å². The van der Waals surface area contributed by atoms with E-state index >= 15 is 0 Å². The lowest BCUT2D eigenvalue weighted by atomic mass is 10.3. The lowest BCUT2D eigenvalue weighted by Gasteiger charge is -2.23. The van der Waals surface area contributed by atoms with E-state index < -0.39 is 0 Å². The molecule has 0 aromatic carbocycles. The molecule has 1 aromatic rings. The Morgan fingerprint density at radius 1 is 1.40 bits per heavy atom. The molecule has 1 aromatic heterocycles. The van der Waals surface area contributed by atoms with Crippen molar-refractivity contribution in [1.29, 1.82) is 0 Å². The molecule has 15 heavy (non-hydrogen) atoms. The van der Waals surface area contributed by atoms with Crippen LogP contribution < -0.4 is 10.6 Å². The van der Waals surface area contributed by atoms with Crippen molar-refractivity contribution in [2.75, 3.05) is 17.2 Å². The smallest absolute Gasteiger partial charge is 0.142 e. The van der Waals surface area contributed by atoms with E-state index in [2.05, 4.69) is 16.2 Å². The van der Waals surface area contributed by atoms with Gasteiger partial charge < -0.3 is 10.6 Å². The van der Waals surface area contributed by atoms with Gasteiger partial charge in [-0.15, -0.1) is 0 Å². The number of hydrogen-bond donors (Lipinski definition) is 1. The van der Waals surface area contributed by atoms with Gasteiger partial charge in [0.2, 0.25) is 0 Å². The predicted molar refractivity (Wildman–Crippen MR) is 64.4 cm³/mol. The highest BCUT2D eigenvalue weighted by Gasteiger charge is 2.35. The maximum Gasteiger partial charge on any atom is 0.142 e. The van der Waals surface area contributed by atoms with Crippen LogP contribution in [0.4, 0.5) is 10.8 Å². The average molecular weight is 223 g/mol. The van der Waals surface area contributed by atoms with E-state index in [0.717, 1.165) is 17.8 Å². The van der Waals surface area contributed by atoms with Crippen molar-refractivity contribution in [3.63, 3.8) is 0 Å². The molecule has 3 nitrogen and oxygen atoms in total. The van der Waals surface area contributed by atoms with Gasteiger partial charge in [0.1, 0.15) is 10.8 Å². The van der Waals surface area contributed by atoms with Crippen molar-refractivity contribution in [2.24, 2.45) is 5.92 Å². The van der Waals surface area contributed by atoms with Crippen LogP contribution in [-0.2, 0) is 0 Å². The molecule has 0 unspecified atom stereocenters. The molecular weight excluding hydrogens is 206 g/mol. The number of anilines is 2. The summed E-state index contributed by atoms with van der Waals surface area (Å²) in [6, 6.07) is 0.782. The van der Waals surface area contributed by atoms with Gasteiger partial charge in [0.25, 0.3) is 0 Å². The second-order valence-electron chi connectivity index (χ2n) is 4.82. The Hall–Kier alpha value is -0.770. The summed E-state index contributed by atoms with van der Waals surface area (Å²) in [4.78, 5) is 2.56. The molecule has 3 rings (SSSR count). The van der Waals surface area contributed by atoms with Crippen LogP contribution >= 0.6 is 11.5 Å². The first kappa shape index (κ1) is 9.46. The van der Waals surface area contributed by atoms with Gasteiger partial charge in [0.15, 0.2) is 0 Å². The zero-order valence-electron chi connectivity index (χ0n) is 9.07. The summed E-state index contributed by atoms with van der Waals surface area (Å²) in [6.07, 6.45) is 5.53. The van der Waals surface area contributed by atoms with Crippen LogP contribution in [-0.4, -0.2) is 17.0 Å². The van der Waals surface area contributed by atoms with Crippen LogP contribution in [0.15, 0.2) is 0 Å². The van der Waals surface area contributed by atoms with Gasteiger partial charge in [-0.1, -0.05) is 0 Å². The third kappa shape index (κ3) is 1.83. The molecule has 82 valence electrons. The highest BCUT2D eigenvalue weighted by atomic mass is 32.1. The third-order valence-electron chi connectivity index (χ3n) is 3.34. The lowest BCUT2D eigenvalue weighted by Crippen LogP contribution is -2.27. The Balaban J connectivity index is 1.83. The van der Waals surface area contributed by atoms with E-state index in [0.29, 0.717) is 0 Å². The molecule has 2 aliphatic carbocycles. The second kappa shape index (κ2) is 3.37. The van der Waals surface area contributed by atoms with Gasteiger partial charge in [-0.2, -0.15) is 4.37 Å². The Kier molecular flexibility index (Phi) is 2.12. The second-order valence-corrected chi connectivity index (χ2v) is 5.58. The molecule has 2 saturated carbocycles. The summed E-state index contributed by atoms with van der Waals surface area (Å²) in [5.74, 6) is 1.66. The molecule has 0 amide bonds. The van der Waals surface area contributed by atoms with Crippen LogP contribution in [0.3, 0.4) is 0 Å². The molecule has 0 radical (unpaired) electrons. The fraction of sp³-hybridized carbons (Fsp3) is 0.727. The molecule has 0 spiro atoms. The minimum atomic E-state index is 0.719. The van der Waals surface area contributed by atoms with Crippen molar-refractivity contribution in [1.82, 2.24) is 4.37 Å². The minimum absolute atomic E-state index is 0.719. The summed E-state index contributed by atoms with van der Waals surface area (Å²) in [6.45, 7) is 3.32. The van der Waals surface area contributed by atoms with E-state index in [4.69, 9.17) is 5.73 Å².